The van der Waals surface area contributed by atoms with Gasteiger partial charge in [0, 0.05) is 5.69 Å². The Hall–Kier alpha value is -2.76. The summed E-state index contributed by atoms with van der Waals surface area (Å²) in [7, 11) is 0. The molecule has 0 bridgehead atoms. The molecule has 0 spiro atoms. The summed E-state index contributed by atoms with van der Waals surface area (Å²) < 4.78 is 26.2. The van der Waals surface area contributed by atoms with E-state index in [2.05, 4.69) is 10.6 Å². The number of anilines is 2. The molecule has 0 aliphatic carbocycles. The molecule has 0 unspecified atom stereocenters. The zero-order valence-corrected chi connectivity index (χ0v) is 10.2. The number of rotatable bonds is 2. The van der Waals surface area contributed by atoms with Crippen molar-refractivity contribution in [2.75, 3.05) is 10.6 Å². The Bertz CT molecular complexity index is 659. The van der Waals surface area contributed by atoms with E-state index in [9.17, 15) is 18.4 Å². The Labute approximate surface area is 113 Å². The van der Waals surface area contributed by atoms with Gasteiger partial charge >= 0.3 is 11.8 Å². The quantitative estimate of drug-likeness (QED) is 0.828. The zero-order valence-electron chi connectivity index (χ0n) is 10.2. The number of benzene rings is 2. The van der Waals surface area contributed by atoms with Crippen LogP contribution < -0.4 is 10.6 Å². The van der Waals surface area contributed by atoms with E-state index >= 15 is 0 Å². The van der Waals surface area contributed by atoms with Crippen LogP contribution in [-0.4, -0.2) is 11.8 Å². The van der Waals surface area contributed by atoms with Crippen LogP contribution >= 0.6 is 0 Å². The molecule has 0 heterocycles. The molecule has 0 saturated carbocycles. The van der Waals surface area contributed by atoms with Gasteiger partial charge in [-0.1, -0.05) is 18.2 Å². The predicted molar refractivity (Wildman–Crippen MR) is 70.1 cm³/mol. The highest BCUT2D eigenvalue weighted by Gasteiger charge is 2.15. The van der Waals surface area contributed by atoms with Crippen molar-refractivity contribution >= 4 is 23.2 Å². The van der Waals surface area contributed by atoms with Crippen LogP contribution in [0.1, 0.15) is 0 Å². The fourth-order valence-electron chi connectivity index (χ4n) is 1.50. The van der Waals surface area contributed by atoms with Crippen LogP contribution in [0.2, 0.25) is 0 Å². The van der Waals surface area contributed by atoms with Crippen molar-refractivity contribution in [3.8, 4) is 0 Å². The Morgan fingerprint density at radius 3 is 2.25 bits per heavy atom. The van der Waals surface area contributed by atoms with Crippen LogP contribution in [0.4, 0.5) is 20.2 Å². The molecule has 0 fully saturated rings. The minimum absolute atomic E-state index is 0.105. The lowest BCUT2D eigenvalue weighted by Gasteiger charge is -2.07. The van der Waals surface area contributed by atoms with E-state index in [4.69, 9.17) is 0 Å². The van der Waals surface area contributed by atoms with E-state index in [1.165, 1.54) is 36.4 Å². The fraction of sp³-hybridized carbons (Fsp3) is 0. The SMILES string of the molecule is O=C(Nc1cccc(F)c1)C(=O)Nc1ccccc1F. The van der Waals surface area contributed by atoms with Gasteiger partial charge in [-0.2, -0.15) is 0 Å². The topological polar surface area (TPSA) is 58.2 Å². The van der Waals surface area contributed by atoms with Gasteiger partial charge in [-0.3, -0.25) is 9.59 Å². The molecule has 2 aromatic rings. The van der Waals surface area contributed by atoms with Gasteiger partial charge in [0.15, 0.2) is 0 Å². The molecule has 0 aliphatic heterocycles. The fourth-order valence-corrected chi connectivity index (χ4v) is 1.50. The number of nitrogens with one attached hydrogen (secondary N) is 2. The first-order valence-electron chi connectivity index (χ1n) is 5.68. The van der Waals surface area contributed by atoms with Crippen LogP contribution in [0.15, 0.2) is 48.5 Å². The summed E-state index contributed by atoms with van der Waals surface area (Å²) in [6.45, 7) is 0. The third-order valence-corrected chi connectivity index (χ3v) is 2.41. The maximum absolute atomic E-state index is 13.3. The second kappa shape index (κ2) is 5.92. The number of carbonyl (C=O) groups excluding carboxylic acids is 2. The van der Waals surface area contributed by atoms with Crippen molar-refractivity contribution in [3.05, 3.63) is 60.2 Å². The Morgan fingerprint density at radius 2 is 1.55 bits per heavy atom. The summed E-state index contributed by atoms with van der Waals surface area (Å²) in [4.78, 5) is 23.1. The van der Waals surface area contributed by atoms with Crippen molar-refractivity contribution in [2.45, 2.75) is 0 Å². The zero-order chi connectivity index (χ0) is 14.5. The number of hydrogen-bond donors (Lipinski definition) is 2. The maximum Gasteiger partial charge on any atom is 0.314 e. The highest BCUT2D eigenvalue weighted by Crippen LogP contribution is 2.13. The molecule has 2 N–H and O–H groups in total. The first kappa shape index (κ1) is 13.7. The van der Waals surface area contributed by atoms with Crippen molar-refractivity contribution in [3.63, 3.8) is 0 Å². The summed E-state index contributed by atoms with van der Waals surface area (Å²) in [6.07, 6.45) is 0. The monoisotopic (exact) mass is 276 g/mol. The number of para-hydroxylation sites is 1. The molecular formula is C14H10F2N2O2. The molecule has 2 amide bonds. The van der Waals surface area contributed by atoms with Gasteiger partial charge in [-0.05, 0) is 30.3 Å². The van der Waals surface area contributed by atoms with Crippen molar-refractivity contribution in [1.29, 1.82) is 0 Å². The smallest absolute Gasteiger partial charge is 0.314 e. The largest absolute Gasteiger partial charge is 0.318 e. The van der Waals surface area contributed by atoms with Gasteiger partial charge in [0.1, 0.15) is 11.6 Å². The average molecular weight is 276 g/mol. The van der Waals surface area contributed by atoms with Gasteiger partial charge in [-0.15, -0.1) is 0 Å². The van der Waals surface area contributed by atoms with Crippen LogP contribution in [-0.2, 0) is 9.59 Å². The third kappa shape index (κ3) is 3.38. The van der Waals surface area contributed by atoms with E-state index in [1.54, 1.807) is 0 Å². The molecule has 0 saturated heterocycles. The standard InChI is InChI=1S/C14H10F2N2O2/c15-9-4-3-5-10(8-9)17-13(19)14(20)18-12-7-2-1-6-11(12)16/h1-8H,(H,17,19)(H,18,20). The van der Waals surface area contributed by atoms with Crippen molar-refractivity contribution < 1.29 is 18.4 Å². The van der Waals surface area contributed by atoms with Crippen LogP contribution in [0.5, 0.6) is 0 Å². The second-order valence-electron chi connectivity index (χ2n) is 3.90. The molecule has 6 heteroatoms. The lowest BCUT2D eigenvalue weighted by Crippen LogP contribution is -2.29. The van der Waals surface area contributed by atoms with Gasteiger partial charge in [-0.25, -0.2) is 8.78 Å². The Balaban J connectivity index is 2.03. The third-order valence-electron chi connectivity index (χ3n) is 2.41. The molecule has 0 radical (unpaired) electrons. The Kier molecular flexibility index (Phi) is 4.05. The molecule has 102 valence electrons. The van der Waals surface area contributed by atoms with E-state index < -0.39 is 23.4 Å². The summed E-state index contributed by atoms with van der Waals surface area (Å²) >= 11 is 0. The number of halogens is 2. The summed E-state index contributed by atoms with van der Waals surface area (Å²) in [5.74, 6) is -3.25. The molecular weight excluding hydrogens is 266 g/mol. The predicted octanol–water partition coefficient (Wildman–Crippen LogP) is 2.54. The number of carbonyl (C=O) groups is 2. The molecule has 4 nitrogen and oxygen atoms in total. The molecule has 0 atom stereocenters. The normalized spacial score (nSPS) is 9.90. The van der Waals surface area contributed by atoms with Crippen molar-refractivity contribution in [2.24, 2.45) is 0 Å². The molecule has 0 aliphatic rings. The molecule has 20 heavy (non-hydrogen) atoms. The minimum atomic E-state index is -1.04. The first-order chi connectivity index (χ1) is 9.56. The average Bonchev–Trinajstić information content (AvgIpc) is 2.41. The van der Waals surface area contributed by atoms with Crippen LogP contribution in [0.25, 0.3) is 0 Å². The number of amides is 2. The minimum Gasteiger partial charge on any atom is -0.318 e. The van der Waals surface area contributed by atoms with Crippen LogP contribution in [0.3, 0.4) is 0 Å². The maximum atomic E-state index is 13.3. The van der Waals surface area contributed by atoms with Crippen molar-refractivity contribution in [1.82, 2.24) is 0 Å². The first-order valence-corrected chi connectivity index (χ1v) is 5.68. The van der Waals surface area contributed by atoms with Gasteiger partial charge < -0.3 is 10.6 Å². The second-order valence-corrected chi connectivity index (χ2v) is 3.90. The highest BCUT2D eigenvalue weighted by molar-refractivity contribution is 6.43. The van der Waals surface area contributed by atoms with Gasteiger partial charge in [0.05, 0.1) is 5.69 Å². The van der Waals surface area contributed by atoms with E-state index in [-0.39, 0.29) is 11.4 Å². The highest BCUT2D eigenvalue weighted by atomic mass is 19.1. The Morgan fingerprint density at radius 1 is 0.850 bits per heavy atom. The van der Waals surface area contributed by atoms with Gasteiger partial charge in [0.25, 0.3) is 0 Å². The summed E-state index contributed by atoms with van der Waals surface area (Å²) in [5, 5.41) is 4.33. The van der Waals surface area contributed by atoms with E-state index in [0.29, 0.717) is 0 Å². The molecule has 2 rings (SSSR count). The lowest BCUT2D eigenvalue weighted by atomic mass is 10.3. The summed E-state index contributed by atoms with van der Waals surface area (Å²) in [5.41, 5.74) is 0.0329. The van der Waals surface area contributed by atoms with E-state index in [1.807, 2.05) is 0 Å². The molecule has 0 aromatic heterocycles. The lowest BCUT2D eigenvalue weighted by molar-refractivity contribution is -0.133. The van der Waals surface area contributed by atoms with Crippen LogP contribution in [0, 0.1) is 11.6 Å². The number of hydrogen-bond acceptors (Lipinski definition) is 2. The van der Waals surface area contributed by atoms with Gasteiger partial charge in [0.2, 0.25) is 0 Å². The summed E-state index contributed by atoms with van der Waals surface area (Å²) in [6, 6.07) is 10.5. The van der Waals surface area contributed by atoms with E-state index in [0.717, 1.165) is 12.1 Å². The molecule has 2 aromatic carbocycles.